The summed E-state index contributed by atoms with van der Waals surface area (Å²) in [4.78, 5) is 45.3. The van der Waals surface area contributed by atoms with E-state index in [9.17, 15) is 19.7 Å². The molecule has 0 atom stereocenters. The summed E-state index contributed by atoms with van der Waals surface area (Å²) in [7, 11) is 0. The Hall–Kier alpha value is -3.37. The molecule has 0 saturated carbocycles. The number of amides is 2. The van der Waals surface area contributed by atoms with Crippen LogP contribution in [0.15, 0.2) is 59.3 Å². The molecule has 0 aliphatic carbocycles. The average Bonchev–Trinajstić information content (AvgIpc) is 2.93. The van der Waals surface area contributed by atoms with Crippen LogP contribution in [0.4, 0.5) is 11.4 Å². The number of nitro groups is 1. The number of fused-ring (bicyclic) bond motifs is 1. The number of piperidine rings is 2. The van der Waals surface area contributed by atoms with Gasteiger partial charge in [0.1, 0.15) is 5.56 Å². The van der Waals surface area contributed by atoms with E-state index in [0.717, 1.165) is 55.2 Å². The lowest BCUT2D eigenvalue weighted by molar-refractivity contribution is -0.385. The first-order chi connectivity index (χ1) is 17.9. The van der Waals surface area contributed by atoms with Gasteiger partial charge >= 0.3 is 0 Å². The summed E-state index contributed by atoms with van der Waals surface area (Å²) in [6.45, 7) is 2.79. The summed E-state index contributed by atoms with van der Waals surface area (Å²) in [6, 6.07) is 12.6. The third-order valence-corrected chi connectivity index (χ3v) is 7.99. The summed E-state index contributed by atoms with van der Waals surface area (Å²) in [5.41, 5.74) is 0.739. The van der Waals surface area contributed by atoms with Crippen LogP contribution in [0.5, 0.6) is 0 Å². The van der Waals surface area contributed by atoms with E-state index < -0.39 is 4.92 Å². The number of nitrogens with zero attached hydrogens (tertiary/aromatic N) is 4. The fourth-order valence-electron chi connectivity index (χ4n) is 5.43. The Morgan fingerprint density at radius 1 is 1.03 bits per heavy atom. The number of halogens is 1. The number of rotatable bonds is 5. The number of benzene rings is 2. The number of aromatic nitrogens is 1. The molecule has 0 radical (unpaired) electrons. The van der Waals surface area contributed by atoms with Gasteiger partial charge in [0, 0.05) is 53.4 Å². The van der Waals surface area contributed by atoms with Gasteiger partial charge in [-0.1, -0.05) is 28.1 Å². The lowest BCUT2D eigenvalue weighted by Gasteiger charge is -2.41. The molecule has 0 bridgehead atoms. The third-order valence-electron chi connectivity index (χ3n) is 7.50. The lowest BCUT2D eigenvalue weighted by atomic mass is 9.92. The number of nitrogens with one attached hydrogen (secondary N) is 1. The predicted octanol–water partition coefficient (Wildman–Crippen LogP) is 4.86. The van der Waals surface area contributed by atoms with E-state index >= 15 is 0 Å². The molecule has 192 valence electrons. The maximum Gasteiger partial charge on any atom is 0.282 e. The highest BCUT2D eigenvalue weighted by Gasteiger charge is 2.33. The summed E-state index contributed by atoms with van der Waals surface area (Å²) in [6.07, 6.45) is 6.73. The van der Waals surface area contributed by atoms with Crippen LogP contribution in [-0.2, 0) is 4.79 Å². The Balaban J connectivity index is 1.14. The second-order valence-electron chi connectivity index (χ2n) is 9.64. The Labute approximate surface area is 223 Å². The first kappa shape index (κ1) is 25.3. The van der Waals surface area contributed by atoms with Crippen molar-refractivity contribution in [2.24, 2.45) is 5.92 Å². The molecule has 1 aromatic heterocycles. The molecule has 2 aromatic carbocycles. The third kappa shape index (κ3) is 5.50. The van der Waals surface area contributed by atoms with E-state index in [1.54, 1.807) is 23.4 Å². The number of carbonyl (C=O) groups is 2. The van der Waals surface area contributed by atoms with Crippen LogP contribution in [0.1, 0.15) is 36.0 Å². The number of hydrogen-bond donors (Lipinski definition) is 1. The quantitative estimate of drug-likeness (QED) is 0.349. The molecular formula is C27H28BrN5O4. The van der Waals surface area contributed by atoms with E-state index in [1.165, 1.54) is 12.1 Å². The van der Waals surface area contributed by atoms with Crippen molar-refractivity contribution in [3.63, 3.8) is 0 Å². The zero-order chi connectivity index (χ0) is 25.9. The van der Waals surface area contributed by atoms with Crippen LogP contribution < -0.4 is 5.32 Å². The zero-order valence-corrected chi connectivity index (χ0v) is 21.9. The van der Waals surface area contributed by atoms with Gasteiger partial charge in [-0.3, -0.25) is 24.7 Å². The Bertz CT molecular complexity index is 1330. The molecule has 3 aromatic rings. The van der Waals surface area contributed by atoms with E-state index in [1.807, 2.05) is 24.3 Å². The van der Waals surface area contributed by atoms with Gasteiger partial charge in [-0.2, -0.15) is 0 Å². The molecule has 37 heavy (non-hydrogen) atoms. The highest BCUT2D eigenvalue weighted by atomic mass is 79.9. The molecule has 0 spiro atoms. The molecule has 3 heterocycles. The molecule has 10 heteroatoms. The standard InChI is InChI=1S/C27H28BrN5O4/c28-20-4-5-25(33(36)37)22(16-20)27(35)32-14-9-21(10-15-32)31-12-7-19(8-13-31)26(34)30-24-3-1-2-18-6-11-29-17-23(18)24/h1-6,11,16-17,19,21H,7-10,12-15H2,(H,30,34). The molecule has 5 rings (SSSR count). The minimum atomic E-state index is -0.510. The topological polar surface area (TPSA) is 109 Å². The SMILES string of the molecule is O=C(Nc1cccc2ccncc12)C1CCN(C2CCN(C(=O)c3cc(Br)ccc3[N+](=O)[O-])CC2)CC1. The van der Waals surface area contributed by atoms with E-state index in [4.69, 9.17) is 0 Å². The number of anilines is 1. The van der Waals surface area contributed by atoms with Gasteiger partial charge in [-0.05, 0) is 68.4 Å². The van der Waals surface area contributed by atoms with Gasteiger partial charge in [-0.25, -0.2) is 0 Å². The number of pyridine rings is 1. The Morgan fingerprint density at radius 2 is 1.78 bits per heavy atom. The van der Waals surface area contributed by atoms with E-state index in [0.29, 0.717) is 23.6 Å². The first-order valence-corrected chi connectivity index (χ1v) is 13.3. The largest absolute Gasteiger partial charge is 0.338 e. The molecule has 0 unspecified atom stereocenters. The Kier molecular flexibility index (Phi) is 7.48. The van der Waals surface area contributed by atoms with Crippen LogP contribution in [0.25, 0.3) is 10.8 Å². The van der Waals surface area contributed by atoms with Crippen LogP contribution in [0.2, 0.25) is 0 Å². The molecule has 2 aliphatic heterocycles. The number of likely N-dealkylation sites (tertiary alicyclic amines) is 2. The number of nitro benzene ring substituents is 1. The smallest absolute Gasteiger partial charge is 0.282 e. The second kappa shape index (κ2) is 10.9. The minimum Gasteiger partial charge on any atom is -0.338 e. The number of hydrogen-bond acceptors (Lipinski definition) is 6. The van der Waals surface area contributed by atoms with Crippen molar-refractivity contribution in [1.82, 2.24) is 14.8 Å². The molecule has 2 saturated heterocycles. The van der Waals surface area contributed by atoms with E-state index in [-0.39, 0.29) is 29.0 Å². The first-order valence-electron chi connectivity index (χ1n) is 12.5. The second-order valence-corrected chi connectivity index (χ2v) is 10.6. The highest BCUT2D eigenvalue weighted by molar-refractivity contribution is 9.10. The summed E-state index contributed by atoms with van der Waals surface area (Å²) in [5, 5.41) is 16.5. The van der Waals surface area contributed by atoms with Crippen molar-refractivity contribution in [2.45, 2.75) is 31.7 Å². The van der Waals surface area contributed by atoms with Gasteiger partial charge < -0.3 is 15.1 Å². The van der Waals surface area contributed by atoms with Crippen LogP contribution in [0, 0.1) is 16.0 Å². The van der Waals surface area contributed by atoms with Gasteiger partial charge in [0.2, 0.25) is 5.91 Å². The maximum atomic E-state index is 13.0. The van der Waals surface area contributed by atoms with Crippen molar-refractivity contribution in [3.8, 4) is 0 Å². The van der Waals surface area contributed by atoms with E-state index in [2.05, 4.69) is 31.1 Å². The predicted molar refractivity (Wildman–Crippen MR) is 144 cm³/mol. The maximum absolute atomic E-state index is 13.0. The summed E-state index contributed by atoms with van der Waals surface area (Å²) in [5.74, 6) is -0.292. The Morgan fingerprint density at radius 3 is 2.51 bits per heavy atom. The zero-order valence-electron chi connectivity index (χ0n) is 20.3. The minimum absolute atomic E-state index is 0.0399. The lowest BCUT2D eigenvalue weighted by Crippen LogP contribution is -2.49. The van der Waals surface area contributed by atoms with Gasteiger partial charge in [-0.15, -0.1) is 0 Å². The molecule has 9 nitrogen and oxygen atoms in total. The fourth-order valence-corrected chi connectivity index (χ4v) is 5.79. The van der Waals surface area contributed by atoms with Gasteiger partial charge in [0.15, 0.2) is 0 Å². The highest BCUT2D eigenvalue weighted by Crippen LogP contribution is 2.29. The van der Waals surface area contributed by atoms with Crippen molar-refractivity contribution >= 4 is 49.9 Å². The molecule has 2 aliphatic rings. The van der Waals surface area contributed by atoms with Gasteiger partial charge in [0.25, 0.3) is 11.6 Å². The molecule has 1 N–H and O–H groups in total. The van der Waals surface area contributed by atoms with Crippen molar-refractivity contribution in [2.75, 3.05) is 31.5 Å². The number of carbonyl (C=O) groups excluding carboxylic acids is 2. The molecule has 2 fully saturated rings. The normalized spacial score (nSPS) is 17.6. The van der Waals surface area contributed by atoms with Crippen molar-refractivity contribution < 1.29 is 14.5 Å². The van der Waals surface area contributed by atoms with Crippen molar-refractivity contribution in [1.29, 1.82) is 0 Å². The summed E-state index contributed by atoms with van der Waals surface area (Å²) < 4.78 is 0.639. The van der Waals surface area contributed by atoms with Crippen molar-refractivity contribution in [3.05, 3.63) is 75.0 Å². The van der Waals surface area contributed by atoms with Crippen LogP contribution in [0.3, 0.4) is 0 Å². The fraction of sp³-hybridized carbons (Fsp3) is 0.370. The molecular weight excluding hydrogens is 538 g/mol. The van der Waals surface area contributed by atoms with Crippen LogP contribution >= 0.6 is 15.9 Å². The monoisotopic (exact) mass is 565 g/mol. The van der Waals surface area contributed by atoms with Gasteiger partial charge in [0.05, 0.1) is 10.6 Å². The molecule has 2 amide bonds. The average molecular weight is 566 g/mol. The van der Waals surface area contributed by atoms with Crippen LogP contribution in [-0.4, -0.2) is 63.7 Å². The summed E-state index contributed by atoms with van der Waals surface area (Å²) >= 11 is 3.31.